The maximum absolute atomic E-state index is 5.82. The van der Waals surface area contributed by atoms with Gasteiger partial charge < -0.3 is 15.2 Å². The lowest BCUT2D eigenvalue weighted by Crippen LogP contribution is -2.46. The average molecular weight is 288 g/mol. The third-order valence-corrected chi connectivity index (χ3v) is 3.34. The van der Waals surface area contributed by atoms with Gasteiger partial charge >= 0.3 is 0 Å². The van der Waals surface area contributed by atoms with Crippen LogP contribution in [-0.4, -0.2) is 49.9 Å². The summed E-state index contributed by atoms with van der Waals surface area (Å²) in [5.74, 6) is 6.72. The minimum absolute atomic E-state index is 0.295. The molecule has 0 saturated carbocycles. The van der Waals surface area contributed by atoms with Crippen LogP contribution in [0.2, 0.25) is 0 Å². The summed E-state index contributed by atoms with van der Waals surface area (Å²) in [6, 6.07) is 7.82. The summed E-state index contributed by atoms with van der Waals surface area (Å²) in [4.78, 5) is 2.39. The molecule has 2 N–H and O–H groups in total. The maximum atomic E-state index is 5.82. The van der Waals surface area contributed by atoms with Gasteiger partial charge in [0.25, 0.3) is 0 Å². The number of hydrogen-bond acceptors (Lipinski definition) is 4. The van der Waals surface area contributed by atoms with Crippen LogP contribution in [0.1, 0.15) is 19.4 Å². The van der Waals surface area contributed by atoms with Crippen LogP contribution in [0.25, 0.3) is 0 Å². The fraction of sp³-hybridized carbons (Fsp3) is 0.529. The molecule has 21 heavy (non-hydrogen) atoms. The third-order valence-electron chi connectivity index (χ3n) is 3.34. The molecule has 1 aromatic carbocycles. The van der Waals surface area contributed by atoms with Gasteiger partial charge in [0.2, 0.25) is 0 Å². The second-order valence-corrected chi connectivity index (χ2v) is 5.40. The molecule has 0 spiro atoms. The van der Waals surface area contributed by atoms with E-state index < -0.39 is 0 Å². The first-order valence-corrected chi connectivity index (χ1v) is 7.47. The molecule has 1 aliphatic heterocycles. The summed E-state index contributed by atoms with van der Waals surface area (Å²) in [6.45, 7) is 8.13. The molecule has 1 aromatic rings. The van der Waals surface area contributed by atoms with E-state index in [2.05, 4.69) is 30.6 Å². The van der Waals surface area contributed by atoms with E-state index in [4.69, 9.17) is 15.2 Å². The second-order valence-electron chi connectivity index (χ2n) is 5.40. The van der Waals surface area contributed by atoms with Gasteiger partial charge in [-0.3, -0.25) is 4.90 Å². The summed E-state index contributed by atoms with van der Waals surface area (Å²) in [5, 5.41) is 0. The topological polar surface area (TPSA) is 47.7 Å². The van der Waals surface area contributed by atoms with Crippen molar-refractivity contribution in [3.05, 3.63) is 29.8 Å². The zero-order valence-electron chi connectivity index (χ0n) is 12.8. The van der Waals surface area contributed by atoms with Gasteiger partial charge in [-0.1, -0.05) is 17.9 Å². The molecule has 0 amide bonds. The Bertz CT molecular complexity index is 497. The van der Waals surface area contributed by atoms with Crippen molar-refractivity contribution in [1.29, 1.82) is 0 Å². The van der Waals surface area contributed by atoms with Gasteiger partial charge in [0.05, 0.1) is 18.8 Å². The predicted molar refractivity (Wildman–Crippen MR) is 84.3 cm³/mol. The summed E-state index contributed by atoms with van der Waals surface area (Å²) in [6.07, 6.45) is 0.590. The minimum Gasteiger partial charge on any atom is -0.492 e. The lowest BCUT2D eigenvalue weighted by molar-refractivity contribution is -0.0699. The summed E-state index contributed by atoms with van der Waals surface area (Å²) >= 11 is 0. The number of nitrogens with zero attached hydrogens (tertiary/aromatic N) is 1. The highest BCUT2D eigenvalue weighted by molar-refractivity contribution is 5.39. The summed E-state index contributed by atoms with van der Waals surface area (Å²) in [5.41, 5.74) is 6.32. The first kappa shape index (κ1) is 15.8. The Balaban J connectivity index is 1.80. The van der Waals surface area contributed by atoms with Crippen LogP contribution in [0.3, 0.4) is 0 Å². The molecule has 1 fully saturated rings. The van der Waals surface area contributed by atoms with Gasteiger partial charge in [-0.05, 0) is 32.0 Å². The second kappa shape index (κ2) is 8.04. The van der Waals surface area contributed by atoms with Crippen molar-refractivity contribution < 1.29 is 9.47 Å². The van der Waals surface area contributed by atoms with Crippen molar-refractivity contribution in [2.75, 3.05) is 32.8 Å². The molecule has 0 radical (unpaired) electrons. The molecule has 0 aromatic heterocycles. The van der Waals surface area contributed by atoms with Crippen LogP contribution in [0, 0.1) is 11.8 Å². The van der Waals surface area contributed by atoms with E-state index in [-0.39, 0.29) is 0 Å². The molecular formula is C17H24N2O2. The Morgan fingerprint density at radius 1 is 1.33 bits per heavy atom. The zero-order valence-corrected chi connectivity index (χ0v) is 12.8. The van der Waals surface area contributed by atoms with Crippen LogP contribution in [0.5, 0.6) is 5.75 Å². The molecule has 2 unspecified atom stereocenters. The molecule has 4 heteroatoms. The van der Waals surface area contributed by atoms with Gasteiger partial charge in [0.1, 0.15) is 12.4 Å². The van der Waals surface area contributed by atoms with Gasteiger partial charge in [-0.15, -0.1) is 0 Å². The molecule has 1 heterocycles. The van der Waals surface area contributed by atoms with E-state index >= 15 is 0 Å². The molecule has 2 atom stereocenters. The fourth-order valence-corrected chi connectivity index (χ4v) is 2.58. The van der Waals surface area contributed by atoms with Crippen LogP contribution in [0.15, 0.2) is 24.3 Å². The Hall–Kier alpha value is -1.54. The van der Waals surface area contributed by atoms with Crippen molar-refractivity contribution in [3.63, 3.8) is 0 Å². The Kier molecular flexibility index (Phi) is 6.06. The molecule has 0 aliphatic carbocycles. The summed E-state index contributed by atoms with van der Waals surface area (Å²) < 4.78 is 11.5. The van der Waals surface area contributed by atoms with E-state index in [0.29, 0.717) is 25.4 Å². The lowest BCUT2D eigenvalue weighted by atomic mass is 10.2. The standard InChI is InChI=1S/C17H24N2O2/c1-14-12-19(13-15(2)21-14)9-10-20-17-7-3-5-16(11-17)6-4-8-18/h3,5,7,11,14-15H,8-10,12-13,18H2,1-2H3. The molecule has 114 valence electrons. The molecule has 2 rings (SSSR count). The van der Waals surface area contributed by atoms with E-state index in [0.717, 1.165) is 30.9 Å². The SMILES string of the molecule is CC1CN(CCOc2cccc(C#CCN)c2)CC(C)O1. The normalized spacial score (nSPS) is 22.4. The van der Waals surface area contributed by atoms with Crippen molar-refractivity contribution in [2.45, 2.75) is 26.1 Å². The van der Waals surface area contributed by atoms with E-state index in [1.54, 1.807) is 0 Å². The highest BCUT2D eigenvalue weighted by Crippen LogP contribution is 2.14. The van der Waals surface area contributed by atoms with Crippen molar-refractivity contribution in [3.8, 4) is 17.6 Å². The highest BCUT2D eigenvalue weighted by atomic mass is 16.5. The van der Waals surface area contributed by atoms with E-state index in [1.165, 1.54) is 0 Å². The quantitative estimate of drug-likeness (QED) is 0.853. The van der Waals surface area contributed by atoms with Gasteiger partial charge in [-0.25, -0.2) is 0 Å². The largest absolute Gasteiger partial charge is 0.492 e. The number of rotatable bonds is 4. The summed E-state index contributed by atoms with van der Waals surface area (Å²) in [7, 11) is 0. The fourth-order valence-electron chi connectivity index (χ4n) is 2.58. The van der Waals surface area contributed by atoms with Crippen molar-refractivity contribution in [1.82, 2.24) is 4.90 Å². The molecule has 0 bridgehead atoms. The van der Waals surface area contributed by atoms with E-state index in [9.17, 15) is 0 Å². The lowest BCUT2D eigenvalue weighted by Gasteiger charge is -2.35. The van der Waals surface area contributed by atoms with Gasteiger partial charge in [-0.2, -0.15) is 0 Å². The van der Waals surface area contributed by atoms with Gasteiger partial charge in [0, 0.05) is 25.2 Å². The number of nitrogens with two attached hydrogens (primary N) is 1. The highest BCUT2D eigenvalue weighted by Gasteiger charge is 2.21. The Labute approximate surface area is 127 Å². The first-order valence-electron chi connectivity index (χ1n) is 7.47. The maximum Gasteiger partial charge on any atom is 0.120 e. The minimum atomic E-state index is 0.295. The monoisotopic (exact) mass is 288 g/mol. The Morgan fingerprint density at radius 2 is 2.10 bits per heavy atom. The molecule has 4 nitrogen and oxygen atoms in total. The average Bonchev–Trinajstić information content (AvgIpc) is 2.44. The van der Waals surface area contributed by atoms with Gasteiger partial charge in [0.15, 0.2) is 0 Å². The first-order chi connectivity index (χ1) is 10.2. The van der Waals surface area contributed by atoms with E-state index in [1.807, 2.05) is 24.3 Å². The molecule has 1 aliphatic rings. The third kappa shape index (κ3) is 5.39. The molecular weight excluding hydrogens is 264 g/mol. The van der Waals surface area contributed by atoms with Crippen LogP contribution in [-0.2, 0) is 4.74 Å². The Morgan fingerprint density at radius 3 is 2.81 bits per heavy atom. The van der Waals surface area contributed by atoms with Crippen LogP contribution >= 0.6 is 0 Å². The number of morpholine rings is 1. The number of ether oxygens (including phenoxy) is 2. The number of benzene rings is 1. The van der Waals surface area contributed by atoms with Crippen molar-refractivity contribution >= 4 is 0 Å². The predicted octanol–water partition coefficient (Wildman–Crippen LogP) is 1.48. The smallest absolute Gasteiger partial charge is 0.120 e. The van der Waals surface area contributed by atoms with Crippen LogP contribution < -0.4 is 10.5 Å². The zero-order chi connectivity index (χ0) is 15.1. The van der Waals surface area contributed by atoms with Crippen molar-refractivity contribution in [2.24, 2.45) is 5.73 Å². The number of hydrogen-bond donors (Lipinski definition) is 1. The van der Waals surface area contributed by atoms with Crippen LogP contribution in [0.4, 0.5) is 0 Å². The molecule has 1 saturated heterocycles.